The average molecular weight is 431 g/mol. The molecule has 2 rings (SSSR count). The van der Waals surface area contributed by atoms with Crippen molar-refractivity contribution < 1.29 is 19.1 Å². The fraction of sp³-hybridized carbons (Fsp3) is 0.304. The summed E-state index contributed by atoms with van der Waals surface area (Å²) in [6.07, 6.45) is 3.52. The van der Waals surface area contributed by atoms with Crippen molar-refractivity contribution in [3.63, 3.8) is 0 Å². The lowest BCUT2D eigenvalue weighted by atomic mass is 10.1. The van der Waals surface area contributed by atoms with E-state index in [2.05, 4.69) is 10.6 Å². The molecule has 0 bridgehead atoms. The SMILES string of the molecule is CCCCNC(=O)/C(=C\c1ccc(OC)c(OC)c1)NC(=O)Cc1cccc(Cl)c1. The molecule has 0 aliphatic rings. The van der Waals surface area contributed by atoms with E-state index in [-0.39, 0.29) is 23.9 Å². The minimum absolute atomic E-state index is 0.103. The molecule has 0 aliphatic heterocycles. The molecule has 0 atom stereocenters. The zero-order valence-corrected chi connectivity index (χ0v) is 18.2. The number of rotatable bonds is 10. The van der Waals surface area contributed by atoms with Crippen molar-refractivity contribution in [2.75, 3.05) is 20.8 Å². The summed E-state index contributed by atoms with van der Waals surface area (Å²) in [5.74, 6) is 0.447. The average Bonchev–Trinajstić information content (AvgIpc) is 2.73. The summed E-state index contributed by atoms with van der Waals surface area (Å²) in [6, 6.07) is 12.3. The van der Waals surface area contributed by atoms with Crippen molar-refractivity contribution in [1.29, 1.82) is 0 Å². The molecule has 2 N–H and O–H groups in total. The van der Waals surface area contributed by atoms with E-state index in [0.717, 1.165) is 18.4 Å². The number of methoxy groups -OCH3 is 2. The predicted molar refractivity (Wildman–Crippen MR) is 119 cm³/mol. The number of ether oxygens (including phenoxy) is 2. The largest absolute Gasteiger partial charge is 0.493 e. The summed E-state index contributed by atoms with van der Waals surface area (Å²) in [5.41, 5.74) is 1.61. The third kappa shape index (κ3) is 7.12. The second kappa shape index (κ2) is 11.9. The Hall–Kier alpha value is -2.99. The Morgan fingerprint density at radius 1 is 1.07 bits per heavy atom. The molecule has 0 radical (unpaired) electrons. The summed E-state index contributed by atoms with van der Waals surface area (Å²) >= 11 is 5.99. The maximum absolute atomic E-state index is 12.7. The molecule has 0 saturated heterocycles. The maximum Gasteiger partial charge on any atom is 0.267 e. The second-order valence-electron chi connectivity index (χ2n) is 6.64. The first kappa shape index (κ1) is 23.3. The fourth-order valence-corrected chi connectivity index (χ4v) is 2.98. The van der Waals surface area contributed by atoms with Crippen molar-refractivity contribution in [2.45, 2.75) is 26.2 Å². The molecule has 0 saturated carbocycles. The molecule has 6 nitrogen and oxygen atoms in total. The quantitative estimate of drug-likeness (QED) is 0.441. The van der Waals surface area contributed by atoms with E-state index in [1.54, 1.807) is 49.6 Å². The molecule has 2 aromatic carbocycles. The second-order valence-corrected chi connectivity index (χ2v) is 7.07. The van der Waals surface area contributed by atoms with Crippen LogP contribution < -0.4 is 20.1 Å². The standard InChI is InChI=1S/C23H27ClN2O4/c1-4-5-11-25-23(28)19(13-17-9-10-20(29-2)21(14-17)30-3)26-22(27)15-16-7-6-8-18(24)12-16/h6-10,12-14H,4-5,11,15H2,1-3H3,(H,25,28)(H,26,27)/b19-13+. The zero-order valence-electron chi connectivity index (χ0n) is 17.5. The smallest absolute Gasteiger partial charge is 0.267 e. The van der Waals surface area contributed by atoms with Crippen LogP contribution in [0.3, 0.4) is 0 Å². The van der Waals surface area contributed by atoms with Gasteiger partial charge in [-0.15, -0.1) is 0 Å². The number of unbranched alkanes of at least 4 members (excludes halogenated alkanes) is 1. The number of amides is 2. The molecular formula is C23H27ClN2O4. The van der Waals surface area contributed by atoms with Gasteiger partial charge < -0.3 is 20.1 Å². The molecule has 2 amide bonds. The highest BCUT2D eigenvalue weighted by Crippen LogP contribution is 2.28. The number of nitrogens with one attached hydrogen (secondary N) is 2. The number of carbonyl (C=O) groups is 2. The van der Waals surface area contributed by atoms with Crippen LogP contribution in [0.15, 0.2) is 48.2 Å². The van der Waals surface area contributed by atoms with E-state index in [1.165, 1.54) is 7.11 Å². The van der Waals surface area contributed by atoms with E-state index in [0.29, 0.717) is 28.6 Å². The lowest BCUT2D eigenvalue weighted by Crippen LogP contribution is -2.35. The van der Waals surface area contributed by atoms with E-state index in [4.69, 9.17) is 21.1 Å². The predicted octanol–water partition coefficient (Wildman–Crippen LogP) is 3.97. The van der Waals surface area contributed by atoms with Crippen LogP contribution >= 0.6 is 11.6 Å². The Balaban J connectivity index is 2.24. The Morgan fingerprint density at radius 3 is 2.50 bits per heavy atom. The molecule has 0 heterocycles. The van der Waals surface area contributed by atoms with E-state index < -0.39 is 0 Å². The lowest BCUT2D eigenvalue weighted by molar-refractivity contribution is -0.123. The van der Waals surface area contributed by atoms with Gasteiger partial charge in [-0.1, -0.05) is 43.1 Å². The van der Waals surface area contributed by atoms with Crippen molar-refractivity contribution in [1.82, 2.24) is 10.6 Å². The summed E-state index contributed by atoms with van der Waals surface area (Å²) < 4.78 is 10.6. The minimum Gasteiger partial charge on any atom is -0.493 e. The normalized spacial score (nSPS) is 11.0. The first-order valence-corrected chi connectivity index (χ1v) is 10.1. The van der Waals surface area contributed by atoms with Crippen LogP contribution in [0.1, 0.15) is 30.9 Å². The van der Waals surface area contributed by atoms with Gasteiger partial charge in [0.2, 0.25) is 5.91 Å². The molecule has 160 valence electrons. The summed E-state index contributed by atoms with van der Waals surface area (Å²) in [4.78, 5) is 25.2. The van der Waals surface area contributed by atoms with Crippen molar-refractivity contribution >= 4 is 29.5 Å². The first-order chi connectivity index (χ1) is 14.5. The van der Waals surface area contributed by atoms with Gasteiger partial charge in [0.25, 0.3) is 5.91 Å². The summed E-state index contributed by atoms with van der Waals surface area (Å²) in [6.45, 7) is 2.57. The minimum atomic E-state index is -0.349. The Morgan fingerprint density at radius 2 is 1.83 bits per heavy atom. The number of hydrogen-bond acceptors (Lipinski definition) is 4. The van der Waals surface area contributed by atoms with Gasteiger partial charge in [0, 0.05) is 11.6 Å². The van der Waals surface area contributed by atoms with Gasteiger partial charge in [-0.05, 0) is 47.9 Å². The molecule has 30 heavy (non-hydrogen) atoms. The van der Waals surface area contributed by atoms with Crippen molar-refractivity contribution in [3.8, 4) is 11.5 Å². The Bertz CT molecular complexity index is 912. The van der Waals surface area contributed by atoms with Crippen LogP contribution in [-0.4, -0.2) is 32.6 Å². The highest BCUT2D eigenvalue weighted by atomic mass is 35.5. The van der Waals surface area contributed by atoms with Gasteiger partial charge in [0.15, 0.2) is 11.5 Å². The van der Waals surface area contributed by atoms with Crippen molar-refractivity contribution in [2.24, 2.45) is 0 Å². The zero-order chi connectivity index (χ0) is 21.9. The van der Waals surface area contributed by atoms with Gasteiger partial charge >= 0.3 is 0 Å². The van der Waals surface area contributed by atoms with E-state index in [1.807, 2.05) is 13.0 Å². The Kier molecular flexibility index (Phi) is 9.22. The van der Waals surface area contributed by atoms with E-state index in [9.17, 15) is 9.59 Å². The van der Waals surface area contributed by atoms with Crippen LogP contribution in [0.25, 0.3) is 6.08 Å². The molecule has 0 fully saturated rings. The fourth-order valence-electron chi connectivity index (χ4n) is 2.77. The lowest BCUT2D eigenvalue weighted by Gasteiger charge is -2.12. The molecule has 0 aliphatic carbocycles. The molecule has 2 aromatic rings. The third-order valence-electron chi connectivity index (χ3n) is 4.31. The molecule has 0 spiro atoms. The van der Waals surface area contributed by atoms with Crippen LogP contribution in [0, 0.1) is 0 Å². The molecule has 7 heteroatoms. The monoisotopic (exact) mass is 430 g/mol. The first-order valence-electron chi connectivity index (χ1n) is 9.73. The number of carbonyl (C=O) groups excluding carboxylic acids is 2. The van der Waals surface area contributed by atoms with Gasteiger partial charge in [0.05, 0.1) is 20.6 Å². The van der Waals surface area contributed by atoms with Crippen LogP contribution in [0.2, 0.25) is 5.02 Å². The van der Waals surface area contributed by atoms with Gasteiger partial charge in [-0.3, -0.25) is 9.59 Å². The number of halogens is 1. The number of benzene rings is 2. The third-order valence-corrected chi connectivity index (χ3v) is 4.54. The van der Waals surface area contributed by atoms with Gasteiger partial charge in [0.1, 0.15) is 5.70 Å². The van der Waals surface area contributed by atoms with Crippen molar-refractivity contribution in [3.05, 3.63) is 64.3 Å². The maximum atomic E-state index is 12.7. The molecule has 0 unspecified atom stereocenters. The van der Waals surface area contributed by atoms with Crippen LogP contribution in [-0.2, 0) is 16.0 Å². The molecular weight excluding hydrogens is 404 g/mol. The summed E-state index contributed by atoms with van der Waals surface area (Å²) in [7, 11) is 3.09. The van der Waals surface area contributed by atoms with Crippen LogP contribution in [0.5, 0.6) is 11.5 Å². The highest BCUT2D eigenvalue weighted by Gasteiger charge is 2.14. The van der Waals surface area contributed by atoms with Crippen LogP contribution in [0.4, 0.5) is 0 Å². The Labute approximate surface area is 182 Å². The van der Waals surface area contributed by atoms with Gasteiger partial charge in [-0.2, -0.15) is 0 Å². The van der Waals surface area contributed by atoms with Gasteiger partial charge in [-0.25, -0.2) is 0 Å². The molecule has 0 aromatic heterocycles. The van der Waals surface area contributed by atoms with E-state index >= 15 is 0 Å². The highest BCUT2D eigenvalue weighted by molar-refractivity contribution is 6.30. The topological polar surface area (TPSA) is 76.7 Å². The number of hydrogen-bond donors (Lipinski definition) is 2. The summed E-state index contributed by atoms with van der Waals surface area (Å²) in [5, 5.41) is 6.11.